The smallest absolute Gasteiger partial charge is 0.331 e. The van der Waals surface area contributed by atoms with E-state index in [1.165, 1.54) is 31.9 Å². The first kappa shape index (κ1) is 31.2. The van der Waals surface area contributed by atoms with Gasteiger partial charge >= 0.3 is 11.9 Å². The number of amides is 1. The largest absolute Gasteiger partial charge is 0.493 e. The fourth-order valence-corrected chi connectivity index (χ4v) is 5.32. The van der Waals surface area contributed by atoms with Gasteiger partial charge in [-0.15, -0.1) is 0 Å². The topological polar surface area (TPSA) is 132 Å². The van der Waals surface area contributed by atoms with Gasteiger partial charge in [0.15, 0.2) is 23.2 Å². The van der Waals surface area contributed by atoms with Crippen molar-refractivity contribution in [2.75, 3.05) is 27.1 Å². The van der Waals surface area contributed by atoms with Crippen molar-refractivity contribution in [2.24, 2.45) is 5.92 Å². The van der Waals surface area contributed by atoms with Gasteiger partial charge in [-0.25, -0.2) is 9.78 Å². The van der Waals surface area contributed by atoms with Crippen molar-refractivity contribution in [2.45, 2.75) is 76.7 Å². The number of aromatic nitrogens is 1. The maximum atomic E-state index is 13.3. The van der Waals surface area contributed by atoms with Gasteiger partial charge < -0.3 is 33.7 Å². The summed E-state index contributed by atoms with van der Waals surface area (Å²) in [5, 5.41) is 2.67. The first-order valence-corrected chi connectivity index (χ1v) is 14.4. The molecule has 2 aromatic rings. The Labute approximate surface area is 246 Å². The van der Waals surface area contributed by atoms with Crippen LogP contribution in [0.2, 0.25) is 0 Å². The van der Waals surface area contributed by atoms with Crippen molar-refractivity contribution in [1.82, 2.24) is 10.3 Å². The van der Waals surface area contributed by atoms with Gasteiger partial charge in [0.1, 0.15) is 6.10 Å². The molecular weight excluding hydrogens is 544 g/mol. The molecule has 2 fully saturated rings. The second-order valence-corrected chi connectivity index (χ2v) is 10.6. The number of carbonyl (C=O) groups is 3. The highest BCUT2D eigenvalue weighted by Crippen LogP contribution is 2.31. The lowest BCUT2D eigenvalue weighted by molar-refractivity contribution is -0.164. The Kier molecular flexibility index (Phi) is 11.5. The first-order chi connectivity index (χ1) is 20.4. The van der Waals surface area contributed by atoms with Crippen LogP contribution in [0.1, 0.15) is 62.0 Å². The molecule has 11 nitrogen and oxygen atoms in total. The van der Waals surface area contributed by atoms with E-state index in [9.17, 15) is 14.4 Å². The molecule has 4 unspecified atom stereocenters. The van der Waals surface area contributed by atoms with Crippen LogP contribution in [0.3, 0.4) is 0 Å². The van der Waals surface area contributed by atoms with Crippen LogP contribution in [0, 0.1) is 5.92 Å². The number of aryl methyl sites for hydroxylation is 1. The highest BCUT2D eigenvalue weighted by molar-refractivity contribution is 5.98. The van der Waals surface area contributed by atoms with Crippen molar-refractivity contribution in [3.8, 4) is 11.5 Å². The molecule has 1 aromatic carbocycles. The van der Waals surface area contributed by atoms with E-state index in [0.29, 0.717) is 6.61 Å². The Morgan fingerprint density at radius 3 is 2.57 bits per heavy atom. The molecule has 11 heteroatoms. The SMILES string of the molecule is COc1ccnc(C(=O)NC2COCC(CCc3ccccc3)C(OC3CCCC3)C(C)OC2=O)c1OCOC(C)=O. The minimum absolute atomic E-state index is 0.0237. The van der Waals surface area contributed by atoms with E-state index in [1.54, 1.807) is 0 Å². The molecule has 0 radical (unpaired) electrons. The molecule has 1 aliphatic heterocycles. The molecule has 1 aromatic heterocycles. The number of nitrogens with zero attached hydrogens (tertiary/aromatic N) is 1. The van der Waals surface area contributed by atoms with E-state index in [2.05, 4.69) is 22.4 Å². The van der Waals surface area contributed by atoms with Crippen LogP contribution in [0.4, 0.5) is 0 Å². The zero-order valence-corrected chi connectivity index (χ0v) is 24.4. The summed E-state index contributed by atoms with van der Waals surface area (Å²) in [6.45, 7) is 2.86. The molecule has 1 saturated carbocycles. The molecule has 4 rings (SSSR count). The molecule has 2 heterocycles. The second kappa shape index (κ2) is 15.5. The van der Waals surface area contributed by atoms with Gasteiger partial charge in [0.05, 0.1) is 32.5 Å². The minimum Gasteiger partial charge on any atom is -0.493 e. The summed E-state index contributed by atoms with van der Waals surface area (Å²) in [6.07, 6.45) is 6.41. The number of cyclic esters (lactones) is 1. The van der Waals surface area contributed by atoms with E-state index in [4.69, 9.17) is 28.4 Å². The van der Waals surface area contributed by atoms with Crippen LogP contribution in [0.15, 0.2) is 42.6 Å². The quantitative estimate of drug-likeness (QED) is 0.309. The molecule has 1 amide bonds. The van der Waals surface area contributed by atoms with E-state index in [-0.39, 0.29) is 41.9 Å². The van der Waals surface area contributed by atoms with E-state index in [0.717, 1.165) is 38.5 Å². The molecule has 42 heavy (non-hydrogen) atoms. The van der Waals surface area contributed by atoms with Crippen molar-refractivity contribution < 1.29 is 42.8 Å². The number of pyridine rings is 1. The third kappa shape index (κ3) is 8.65. The minimum atomic E-state index is -1.10. The first-order valence-electron chi connectivity index (χ1n) is 14.4. The number of carbonyl (C=O) groups excluding carboxylic acids is 3. The predicted molar refractivity (Wildman–Crippen MR) is 151 cm³/mol. The molecule has 228 valence electrons. The van der Waals surface area contributed by atoms with Gasteiger partial charge in [0.25, 0.3) is 5.91 Å². The van der Waals surface area contributed by atoms with Crippen LogP contribution >= 0.6 is 0 Å². The number of nitrogens with one attached hydrogen (secondary N) is 1. The molecular formula is C31H40N2O9. The molecule has 1 N–H and O–H groups in total. The lowest BCUT2D eigenvalue weighted by atomic mass is 9.91. The third-order valence-electron chi connectivity index (χ3n) is 7.50. The standard InChI is InChI=1S/C31H40N2O9/c1-20-28(42-24-11-7-8-12-24)23(14-13-22-9-5-4-6-10-22)17-38-18-25(31(36)41-20)33-30(35)27-29(40-19-39-21(2)34)26(37-3)15-16-32-27/h4-6,9-10,15-16,20,23-25,28H,7-8,11-14,17-19H2,1-3H3,(H,33,35). The van der Waals surface area contributed by atoms with Gasteiger partial charge in [-0.05, 0) is 38.2 Å². The normalized spacial score (nSPS) is 23.2. The predicted octanol–water partition coefficient (Wildman–Crippen LogP) is 3.63. The zero-order chi connectivity index (χ0) is 29.9. The van der Waals surface area contributed by atoms with E-state index in [1.807, 2.05) is 25.1 Å². The number of benzene rings is 1. The number of rotatable bonds is 11. The molecule has 1 aliphatic carbocycles. The highest BCUT2D eigenvalue weighted by Gasteiger charge is 2.37. The van der Waals surface area contributed by atoms with Crippen molar-refractivity contribution in [3.05, 3.63) is 53.9 Å². The fraction of sp³-hybridized carbons (Fsp3) is 0.548. The summed E-state index contributed by atoms with van der Waals surface area (Å²) in [6, 6.07) is 10.6. The Morgan fingerprint density at radius 1 is 1.10 bits per heavy atom. The van der Waals surface area contributed by atoms with Gasteiger partial charge in [0, 0.05) is 25.1 Å². The fourth-order valence-electron chi connectivity index (χ4n) is 5.32. The van der Waals surface area contributed by atoms with Crippen LogP contribution in [-0.4, -0.2) is 74.3 Å². The Morgan fingerprint density at radius 2 is 1.86 bits per heavy atom. The maximum absolute atomic E-state index is 13.3. The number of methoxy groups -OCH3 is 1. The van der Waals surface area contributed by atoms with Gasteiger partial charge in [-0.3, -0.25) is 9.59 Å². The van der Waals surface area contributed by atoms with Gasteiger partial charge in [0.2, 0.25) is 6.79 Å². The summed E-state index contributed by atoms with van der Waals surface area (Å²) < 4.78 is 34.1. The average molecular weight is 585 g/mol. The summed E-state index contributed by atoms with van der Waals surface area (Å²) in [5.41, 5.74) is 1.06. The van der Waals surface area contributed by atoms with E-state index >= 15 is 0 Å². The van der Waals surface area contributed by atoms with Crippen LogP contribution in [0.25, 0.3) is 0 Å². The number of hydrogen-bond acceptors (Lipinski definition) is 10. The van der Waals surface area contributed by atoms with Crippen LogP contribution < -0.4 is 14.8 Å². The number of hydrogen-bond donors (Lipinski definition) is 1. The number of esters is 2. The summed E-state index contributed by atoms with van der Waals surface area (Å²) in [5.74, 6) is -1.74. The molecule has 4 atom stereocenters. The lowest BCUT2D eigenvalue weighted by Gasteiger charge is -2.33. The van der Waals surface area contributed by atoms with E-state index < -0.39 is 36.8 Å². The lowest BCUT2D eigenvalue weighted by Crippen LogP contribution is -2.47. The Hall–Kier alpha value is -3.70. The number of ether oxygens (including phenoxy) is 6. The zero-order valence-electron chi connectivity index (χ0n) is 24.4. The van der Waals surface area contributed by atoms with Crippen LogP contribution in [-0.2, 0) is 35.0 Å². The third-order valence-corrected chi connectivity index (χ3v) is 7.50. The van der Waals surface area contributed by atoms with Crippen molar-refractivity contribution in [1.29, 1.82) is 0 Å². The van der Waals surface area contributed by atoms with Crippen molar-refractivity contribution >= 4 is 17.8 Å². The molecule has 2 aliphatic rings. The molecule has 1 saturated heterocycles. The monoisotopic (exact) mass is 584 g/mol. The summed E-state index contributed by atoms with van der Waals surface area (Å²) in [7, 11) is 1.40. The maximum Gasteiger partial charge on any atom is 0.331 e. The van der Waals surface area contributed by atoms with Gasteiger partial charge in [-0.1, -0.05) is 43.2 Å². The second-order valence-electron chi connectivity index (χ2n) is 10.6. The summed E-state index contributed by atoms with van der Waals surface area (Å²) in [4.78, 5) is 41.9. The van der Waals surface area contributed by atoms with Crippen LogP contribution in [0.5, 0.6) is 11.5 Å². The highest BCUT2D eigenvalue weighted by atomic mass is 16.7. The Balaban J connectivity index is 1.48. The van der Waals surface area contributed by atoms with Crippen molar-refractivity contribution in [3.63, 3.8) is 0 Å². The molecule has 0 bridgehead atoms. The molecule has 0 spiro atoms. The average Bonchev–Trinajstić information content (AvgIpc) is 3.51. The summed E-state index contributed by atoms with van der Waals surface area (Å²) >= 11 is 0. The Bertz CT molecular complexity index is 1190. The van der Waals surface area contributed by atoms with Gasteiger partial charge in [-0.2, -0.15) is 0 Å².